The number of phenolic OH excluding ortho intramolecular Hbond substituents is 1. The van der Waals surface area contributed by atoms with Crippen LogP contribution in [0.4, 0.5) is 0 Å². The maximum Gasteiger partial charge on any atom is 0.255 e. The molecule has 0 aromatic heterocycles. The third-order valence-corrected chi connectivity index (χ3v) is 3.30. The van der Waals surface area contributed by atoms with E-state index >= 15 is 0 Å². The molecular formula is C15H23NO3. The third-order valence-electron chi connectivity index (χ3n) is 3.30. The average Bonchev–Trinajstić information content (AvgIpc) is 2.32. The van der Waals surface area contributed by atoms with Crippen LogP contribution in [0.2, 0.25) is 0 Å². The molecule has 1 aromatic rings. The molecule has 4 heteroatoms. The Balaban J connectivity index is 2.67. The predicted octanol–water partition coefficient (Wildman–Crippen LogP) is 2.15. The maximum atomic E-state index is 12.0. The van der Waals surface area contributed by atoms with E-state index in [1.54, 1.807) is 19.9 Å². The Morgan fingerprint density at radius 2 is 1.95 bits per heavy atom. The minimum absolute atomic E-state index is 0.0423. The summed E-state index contributed by atoms with van der Waals surface area (Å²) in [7, 11) is 0. The van der Waals surface area contributed by atoms with Crippen molar-refractivity contribution in [3.8, 4) is 5.75 Å². The van der Waals surface area contributed by atoms with E-state index in [1.807, 2.05) is 19.9 Å². The summed E-state index contributed by atoms with van der Waals surface area (Å²) >= 11 is 0. The van der Waals surface area contributed by atoms with Gasteiger partial charge in [-0.25, -0.2) is 0 Å². The number of amides is 1. The molecule has 1 amide bonds. The number of aromatic hydroxyl groups is 1. The van der Waals surface area contributed by atoms with Crippen LogP contribution in [0.5, 0.6) is 5.75 Å². The number of nitrogens with one attached hydrogen (secondary N) is 1. The topological polar surface area (TPSA) is 69.6 Å². The summed E-state index contributed by atoms with van der Waals surface area (Å²) in [6, 6.07) is 3.45. The number of rotatable bonds is 5. The molecule has 2 atom stereocenters. The van der Waals surface area contributed by atoms with Crippen molar-refractivity contribution in [3.05, 3.63) is 28.8 Å². The highest BCUT2D eigenvalue weighted by Gasteiger charge is 2.15. The molecule has 0 aliphatic carbocycles. The molecule has 0 heterocycles. The zero-order chi connectivity index (χ0) is 14.6. The lowest BCUT2D eigenvalue weighted by molar-refractivity contribution is 0.0936. The first-order valence-corrected chi connectivity index (χ1v) is 6.58. The lowest BCUT2D eigenvalue weighted by Gasteiger charge is -2.15. The second-order valence-electron chi connectivity index (χ2n) is 5.30. The molecule has 0 spiro atoms. The lowest BCUT2D eigenvalue weighted by Crippen LogP contribution is -2.29. The van der Waals surface area contributed by atoms with Crippen LogP contribution in [0.15, 0.2) is 12.1 Å². The van der Waals surface area contributed by atoms with Crippen LogP contribution in [0.3, 0.4) is 0 Å². The molecule has 0 aliphatic rings. The van der Waals surface area contributed by atoms with E-state index in [4.69, 9.17) is 0 Å². The van der Waals surface area contributed by atoms with Crippen LogP contribution in [0.1, 0.15) is 41.8 Å². The molecule has 1 aromatic carbocycles. The van der Waals surface area contributed by atoms with Gasteiger partial charge in [-0.05, 0) is 50.3 Å². The zero-order valence-corrected chi connectivity index (χ0v) is 12.0. The van der Waals surface area contributed by atoms with Crippen molar-refractivity contribution in [1.82, 2.24) is 5.32 Å². The summed E-state index contributed by atoms with van der Waals surface area (Å²) < 4.78 is 0. The van der Waals surface area contributed by atoms with Crippen LogP contribution in [-0.4, -0.2) is 28.8 Å². The lowest BCUT2D eigenvalue weighted by atomic mass is 10.0. The Bertz CT molecular complexity index is 455. The first-order chi connectivity index (χ1) is 8.82. The zero-order valence-electron chi connectivity index (χ0n) is 12.0. The number of hydrogen-bond acceptors (Lipinski definition) is 3. The van der Waals surface area contributed by atoms with E-state index in [0.717, 1.165) is 11.1 Å². The highest BCUT2D eigenvalue weighted by Crippen LogP contribution is 2.24. The Labute approximate surface area is 114 Å². The Kier molecular flexibility index (Phi) is 5.36. The standard InChI is InChI=1S/C15H23NO3/c1-9(7-11(3)17)8-16-15(19)13-6-5-10(2)12(4)14(13)18/h5-6,9,11,17-18H,7-8H2,1-4H3,(H,16,19). The minimum Gasteiger partial charge on any atom is -0.507 e. The molecule has 0 bridgehead atoms. The second-order valence-corrected chi connectivity index (χ2v) is 5.30. The second kappa shape index (κ2) is 6.57. The van der Waals surface area contributed by atoms with Gasteiger partial charge in [-0.15, -0.1) is 0 Å². The fraction of sp³-hybridized carbons (Fsp3) is 0.533. The van der Waals surface area contributed by atoms with Gasteiger partial charge in [0.2, 0.25) is 0 Å². The summed E-state index contributed by atoms with van der Waals surface area (Å²) in [6.07, 6.45) is 0.265. The number of aliphatic hydroxyl groups excluding tert-OH is 1. The van der Waals surface area contributed by atoms with Crippen molar-refractivity contribution < 1.29 is 15.0 Å². The largest absolute Gasteiger partial charge is 0.507 e. The number of aryl methyl sites for hydroxylation is 1. The molecule has 0 saturated carbocycles. The summed E-state index contributed by atoms with van der Waals surface area (Å²) in [6.45, 7) is 7.86. The fourth-order valence-electron chi connectivity index (χ4n) is 2.01. The summed E-state index contributed by atoms with van der Waals surface area (Å²) in [5.74, 6) is -0.0450. The number of benzene rings is 1. The molecule has 0 radical (unpaired) electrons. The first kappa shape index (κ1) is 15.5. The third kappa shape index (κ3) is 4.24. The number of phenols is 1. The van der Waals surface area contributed by atoms with Gasteiger partial charge in [-0.3, -0.25) is 4.79 Å². The van der Waals surface area contributed by atoms with Crippen molar-refractivity contribution in [2.45, 2.75) is 40.2 Å². The quantitative estimate of drug-likeness (QED) is 0.764. The Morgan fingerprint density at radius 1 is 1.32 bits per heavy atom. The SMILES string of the molecule is Cc1ccc(C(=O)NCC(C)CC(C)O)c(O)c1C. The summed E-state index contributed by atoms with van der Waals surface area (Å²) in [5.41, 5.74) is 1.98. The normalized spacial score (nSPS) is 13.9. The van der Waals surface area contributed by atoms with Gasteiger partial charge >= 0.3 is 0 Å². The van der Waals surface area contributed by atoms with Crippen molar-refractivity contribution >= 4 is 5.91 Å². The van der Waals surface area contributed by atoms with E-state index in [1.165, 1.54) is 0 Å². The molecule has 1 rings (SSSR count). The van der Waals surface area contributed by atoms with Crippen molar-refractivity contribution in [2.24, 2.45) is 5.92 Å². The summed E-state index contributed by atoms with van der Waals surface area (Å²) in [5, 5.41) is 22.0. The average molecular weight is 265 g/mol. The van der Waals surface area contributed by atoms with Gasteiger partial charge in [-0.1, -0.05) is 13.0 Å². The number of aliphatic hydroxyl groups is 1. The Morgan fingerprint density at radius 3 is 2.53 bits per heavy atom. The number of carbonyl (C=O) groups excluding carboxylic acids is 1. The van der Waals surface area contributed by atoms with Gasteiger partial charge in [0, 0.05) is 6.54 Å². The van der Waals surface area contributed by atoms with Crippen molar-refractivity contribution in [1.29, 1.82) is 0 Å². The van der Waals surface area contributed by atoms with E-state index in [-0.39, 0.29) is 23.7 Å². The van der Waals surface area contributed by atoms with Crippen molar-refractivity contribution in [2.75, 3.05) is 6.54 Å². The molecule has 4 nitrogen and oxygen atoms in total. The molecule has 0 aliphatic heterocycles. The van der Waals surface area contributed by atoms with Gasteiger partial charge in [0.25, 0.3) is 5.91 Å². The highest BCUT2D eigenvalue weighted by atomic mass is 16.3. The van der Waals surface area contributed by atoms with Gasteiger partial charge in [0.15, 0.2) is 0 Å². The summed E-state index contributed by atoms with van der Waals surface area (Å²) in [4.78, 5) is 12.0. The highest BCUT2D eigenvalue weighted by molar-refractivity contribution is 5.97. The monoisotopic (exact) mass is 265 g/mol. The van der Waals surface area contributed by atoms with Gasteiger partial charge in [0.1, 0.15) is 5.75 Å². The predicted molar refractivity (Wildman–Crippen MR) is 75.4 cm³/mol. The Hall–Kier alpha value is -1.55. The van der Waals surface area contributed by atoms with Gasteiger partial charge < -0.3 is 15.5 Å². The minimum atomic E-state index is -0.373. The fourth-order valence-corrected chi connectivity index (χ4v) is 2.01. The molecule has 3 N–H and O–H groups in total. The van der Waals surface area contributed by atoms with Crippen LogP contribution in [0.25, 0.3) is 0 Å². The van der Waals surface area contributed by atoms with E-state index in [0.29, 0.717) is 18.5 Å². The van der Waals surface area contributed by atoms with E-state index in [2.05, 4.69) is 5.32 Å². The molecule has 0 saturated heterocycles. The van der Waals surface area contributed by atoms with Crippen LogP contribution >= 0.6 is 0 Å². The molecule has 0 fully saturated rings. The van der Waals surface area contributed by atoms with Crippen LogP contribution in [0, 0.1) is 19.8 Å². The first-order valence-electron chi connectivity index (χ1n) is 6.58. The molecular weight excluding hydrogens is 242 g/mol. The number of hydrogen-bond donors (Lipinski definition) is 3. The molecule has 106 valence electrons. The van der Waals surface area contributed by atoms with E-state index in [9.17, 15) is 15.0 Å². The molecule has 19 heavy (non-hydrogen) atoms. The van der Waals surface area contributed by atoms with Crippen LogP contribution < -0.4 is 5.32 Å². The van der Waals surface area contributed by atoms with Crippen molar-refractivity contribution in [3.63, 3.8) is 0 Å². The van der Waals surface area contributed by atoms with Gasteiger partial charge in [0.05, 0.1) is 11.7 Å². The number of carbonyl (C=O) groups is 1. The molecule has 2 unspecified atom stereocenters. The maximum absolute atomic E-state index is 12.0. The van der Waals surface area contributed by atoms with Crippen LogP contribution in [-0.2, 0) is 0 Å². The smallest absolute Gasteiger partial charge is 0.255 e. The van der Waals surface area contributed by atoms with Gasteiger partial charge in [-0.2, -0.15) is 0 Å². The van der Waals surface area contributed by atoms with E-state index < -0.39 is 0 Å².